The summed E-state index contributed by atoms with van der Waals surface area (Å²) < 4.78 is 5.52. The van der Waals surface area contributed by atoms with Crippen molar-refractivity contribution in [3.8, 4) is 5.75 Å². The number of ether oxygens (including phenoxy) is 1. The molecule has 0 aliphatic rings. The van der Waals surface area contributed by atoms with Gasteiger partial charge in [-0.3, -0.25) is 9.59 Å². The van der Waals surface area contributed by atoms with Gasteiger partial charge in [0.2, 0.25) is 11.8 Å². The maximum atomic E-state index is 12.4. The maximum Gasteiger partial charge on any atom is 0.226 e. The first-order valence-electron chi connectivity index (χ1n) is 8.90. The second-order valence-electron chi connectivity index (χ2n) is 6.31. The summed E-state index contributed by atoms with van der Waals surface area (Å²) in [4.78, 5) is 26.1. The van der Waals surface area contributed by atoms with E-state index in [4.69, 9.17) is 16.3 Å². The lowest BCUT2D eigenvalue weighted by Gasteiger charge is -2.24. The number of anilines is 2. The van der Waals surface area contributed by atoms with Gasteiger partial charge in [-0.25, -0.2) is 0 Å². The molecule has 0 heterocycles. The number of amides is 2. The largest absolute Gasteiger partial charge is 0.492 e. The van der Waals surface area contributed by atoms with E-state index in [2.05, 4.69) is 5.32 Å². The van der Waals surface area contributed by atoms with Crippen molar-refractivity contribution in [3.63, 3.8) is 0 Å². The topological polar surface area (TPSA) is 58.6 Å². The van der Waals surface area contributed by atoms with Gasteiger partial charge in [-0.05, 0) is 50.1 Å². The molecule has 0 unspecified atom stereocenters. The molecular formula is C21H25ClN2O3. The van der Waals surface area contributed by atoms with Crippen molar-refractivity contribution >= 4 is 34.8 Å². The third kappa shape index (κ3) is 5.47. The highest BCUT2D eigenvalue weighted by atomic mass is 35.5. The molecule has 27 heavy (non-hydrogen) atoms. The average molecular weight is 389 g/mol. The quantitative estimate of drug-likeness (QED) is 0.745. The Hall–Kier alpha value is -2.53. The molecule has 0 saturated carbocycles. The van der Waals surface area contributed by atoms with Crippen LogP contribution in [0.2, 0.25) is 5.02 Å². The van der Waals surface area contributed by atoms with Crippen molar-refractivity contribution in [2.75, 3.05) is 23.4 Å². The Balaban J connectivity index is 2.11. The fraction of sp³-hybridized carbons (Fsp3) is 0.333. The molecule has 0 aliphatic heterocycles. The van der Waals surface area contributed by atoms with Crippen LogP contribution in [0.1, 0.15) is 31.4 Å². The van der Waals surface area contributed by atoms with E-state index in [0.29, 0.717) is 28.8 Å². The molecule has 0 saturated heterocycles. The molecule has 0 aromatic heterocycles. The van der Waals surface area contributed by atoms with Gasteiger partial charge in [-0.2, -0.15) is 0 Å². The lowest BCUT2D eigenvalue weighted by molar-refractivity contribution is -0.117. The standard InChI is InChI=1S/C21H25ClN2O3/c1-5-27-19-9-7-6-8-18(19)23-20(26)10-11-24(16(4)25)21-15(3)12-14(2)13-17(21)22/h6-9,12-13H,5,10-11H2,1-4H3,(H,23,26). The Morgan fingerprint density at radius 1 is 1.19 bits per heavy atom. The van der Waals surface area contributed by atoms with Crippen molar-refractivity contribution in [3.05, 3.63) is 52.5 Å². The van der Waals surface area contributed by atoms with E-state index in [0.717, 1.165) is 11.1 Å². The Morgan fingerprint density at radius 3 is 2.52 bits per heavy atom. The number of benzene rings is 2. The molecule has 6 heteroatoms. The SMILES string of the molecule is CCOc1ccccc1NC(=O)CCN(C(C)=O)c1c(C)cc(C)cc1Cl. The van der Waals surface area contributed by atoms with Crippen molar-refractivity contribution in [1.29, 1.82) is 0 Å². The van der Waals surface area contributed by atoms with E-state index in [-0.39, 0.29) is 24.8 Å². The smallest absolute Gasteiger partial charge is 0.226 e. The van der Waals surface area contributed by atoms with Crippen LogP contribution in [-0.4, -0.2) is 25.0 Å². The van der Waals surface area contributed by atoms with E-state index in [1.165, 1.54) is 6.92 Å². The number of rotatable bonds is 7. The van der Waals surface area contributed by atoms with Gasteiger partial charge in [0.15, 0.2) is 0 Å². The van der Waals surface area contributed by atoms with Gasteiger partial charge in [0, 0.05) is 19.9 Å². The van der Waals surface area contributed by atoms with Crippen LogP contribution in [0.15, 0.2) is 36.4 Å². The molecule has 144 valence electrons. The van der Waals surface area contributed by atoms with Gasteiger partial charge in [-0.15, -0.1) is 0 Å². The summed E-state index contributed by atoms with van der Waals surface area (Å²) in [6.07, 6.45) is 0.143. The first kappa shape index (κ1) is 20.8. The molecular weight excluding hydrogens is 364 g/mol. The molecule has 5 nitrogen and oxygen atoms in total. The lowest BCUT2D eigenvalue weighted by Crippen LogP contribution is -2.32. The Labute approximate surface area is 165 Å². The number of carbonyl (C=O) groups excluding carboxylic acids is 2. The summed E-state index contributed by atoms with van der Waals surface area (Å²) in [6.45, 7) is 7.96. The van der Waals surface area contributed by atoms with Crippen molar-refractivity contribution in [2.24, 2.45) is 0 Å². The molecule has 2 amide bonds. The van der Waals surface area contributed by atoms with Crippen molar-refractivity contribution < 1.29 is 14.3 Å². The first-order chi connectivity index (χ1) is 12.8. The average Bonchev–Trinajstić information content (AvgIpc) is 2.58. The molecule has 2 aromatic rings. The zero-order valence-corrected chi connectivity index (χ0v) is 16.9. The van der Waals surface area contributed by atoms with Gasteiger partial charge >= 0.3 is 0 Å². The molecule has 2 rings (SSSR count). The Morgan fingerprint density at radius 2 is 1.89 bits per heavy atom. The van der Waals surface area contributed by atoms with Crippen molar-refractivity contribution in [1.82, 2.24) is 0 Å². The summed E-state index contributed by atoms with van der Waals surface area (Å²) in [5, 5.41) is 3.35. The number of para-hydroxylation sites is 2. The predicted octanol–water partition coefficient (Wildman–Crippen LogP) is 4.74. The molecule has 0 aliphatic carbocycles. The highest BCUT2D eigenvalue weighted by Gasteiger charge is 2.19. The summed E-state index contributed by atoms with van der Waals surface area (Å²) in [7, 11) is 0. The number of nitrogens with one attached hydrogen (secondary N) is 1. The van der Waals surface area contributed by atoms with E-state index in [1.54, 1.807) is 17.0 Å². The van der Waals surface area contributed by atoms with Gasteiger partial charge in [0.1, 0.15) is 5.75 Å². The number of aryl methyl sites for hydroxylation is 2. The normalized spacial score (nSPS) is 10.4. The minimum Gasteiger partial charge on any atom is -0.492 e. The van der Waals surface area contributed by atoms with Crippen LogP contribution in [0, 0.1) is 13.8 Å². The van der Waals surface area contributed by atoms with E-state index < -0.39 is 0 Å². The van der Waals surface area contributed by atoms with Crippen LogP contribution in [0.25, 0.3) is 0 Å². The van der Waals surface area contributed by atoms with Gasteiger partial charge in [0.25, 0.3) is 0 Å². The third-order valence-corrected chi connectivity index (χ3v) is 4.36. The molecule has 0 spiro atoms. The van der Waals surface area contributed by atoms with Crippen LogP contribution in [0.3, 0.4) is 0 Å². The van der Waals surface area contributed by atoms with Crippen molar-refractivity contribution in [2.45, 2.75) is 34.1 Å². The van der Waals surface area contributed by atoms with Crippen LogP contribution in [0.4, 0.5) is 11.4 Å². The predicted molar refractivity (Wildman–Crippen MR) is 110 cm³/mol. The minimum absolute atomic E-state index is 0.143. The number of nitrogens with zero attached hydrogens (tertiary/aromatic N) is 1. The summed E-state index contributed by atoms with van der Waals surface area (Å²) in [5.74, 6) is 0.259. The monoisotopic (exact) mass is 388 g/mol. The molecule has 0 fully saturated rings. The maximum absolute atomic E-state index is 12.4. The van der Waals surface area contributed by atoms with Crippen LogP contribution in [0.5, 0.6) is 5.75 Å². The highest BCUT2D eigenvalue weighted by Crippen LogP contribution is 2.31. The lowest BCUT2D eigenvalue weighted by atomic mass is 10.1. The third-order valence-electron chi connectivity index (χ3n) is 4.07. The number of hydrogen-bond donors (Lipinski definition) is 1. The van der Waals surface area contributed by atoms with Crippen LogP contribution in [-0.2, 0) is 9.59 Å². The molecule has 0 bridgehead atoms. The second kappa shape index (κ2) is 9.42. The van der Waals surface area contributed by atoms with Crippen LogP contribution < -0.4 is 15.0 Å². The fourth-order valence-corrected chi connectivity index (χ4v) is 3.38. The number of halogens is 1. The summed E-state index contributed by atoms with van der Waals surface area (Å²) in [6, 6.07) is 11.0. The van der Waals surface area contributed by atoms with Crippen LogP contribution >= 0.6 is 11.6 Å². The van der Waals surface area contributed by atoms with Gasteiger partial charge in [-0.1, -0.05) is 29.8 Å². The zero-order chi connectivity index (χ0) is 20.0. The molecule has 0 radical (unpaired) electrons. The Bertz CT molecular complexity index is 813. The van der Waals surface area contributed by atoms with E-state index in [9.17, 15) is 9.59 Å². The van der Waals surface area contributed by atoms with E-state index in [1.807, 2.05) is 45.0 Å². The second-order valence-corrected chi connectivity index (χ2v) is 6.72. The fourth-order valence-electron chi connectivity index (χ4n) is 2.95. The highest BCUT2D eigenvalue weighted by molar-refractivity contribution is 6.34. The summed E-state index contributed by atoms with van der Waals surface area (Å²) >= 11 is 6.36. The number of carbonyl (C=O) groups is 2. The van der Waals surface area contributed by atoms with Gasteiger partial charge < -0.3 is 15.0 Å². The molecule has 0 atom stereocenters. The first-order valence-corrected chi connectivity index (χ1v) is 9.27. The molecule has 2 aromatic carbocycles. The summed E-state index contributed by atoms with van der Waals surface area (Å²) in [5.41, 5.74) is 3.19. The minimum atomic E-state index is -0.200. The number of hydrogen-bond acceptors (Lipinski definition) is 3. The zero-order valence-electron chi connectivity index (χ0n) is 16.1. The Kier molecular flexibility index (Phi) is 7.25. The van der Waals surface area contributed by atoms with E-state index >= 15 is 0 Å². The molecule has 1 N–H and O–H groups in total. The van der Waals surface area contributed by atoms with Gasteiger partial charge in [0.05, 0.1) is 23.0 Å².